The Hall–Kier alpha value is -2.84. The second kappa shape index (κ2) is 9.11. The Bertz CT molecular complexity index is 987. The zero-order valence-corrected chi connectivity index (χ0v) is 17.9. The van der Waals surface area contributed by atoms with Crippen LogP contribution >= 0.6 is 24.0 Å². The average molecular weight is 429 g/mol. The van der Waals surface area contributed by atoms with Gasteiger partial charge < -0.3 is 14.8 Å². The van der Waals surface area contributed by atoms with Gasteiger partial charge in [-0.2, -0.15) is 0 Å². The molecule has 2 amide bonds. The van der Waals surface area contributed by atoms with Crippen LogP contribution in [0.3, 0.4) is 0 Å². The number of benzene rings is 2. The first-order valence-electron chi connectivity index (χ1n) is 8.89. The first-order chi connectivity index (χ1) is 13.9. The van der Waals surface area contributed by atoms with Gasteiger partial charge in [0.2, 0.25) is 5.91 Å². The summed E-state index contributed by atoms with van der Waals surface area (Å²) < 4.78 is 11.3. The molecule has 0 spiro atoms. The number of thiocarbonyl (C=S) groups is 1. The first-order valence-corrected chi connectivity index (χ1v) is 10.1. The number of hydrogen-bond donors (Lipinski definition) is 1. The maximum atomic E-state index is 12.9. The number of hydrogen-bond acceptors (Lipinski definition) is 6. The highest BCUT2D eigenvalue weighted by atomic mass is 32.2. The first kappa shape index (κ1) is 20.9. The van der Waals surface area contributed by atoms with Crippen molar-refractivity contribution in [1.29, 1.82) is 0 Å². The van der Waals surface area contributed by atoms with Crippen LogP contribution in [0.15, 0.2) is 47.4 Å². The molecule has 0 aliphatic carbocycles. The zero-order valence-electron chi connectivity index (χ0n) is 16.2. The van der Waals surface area contributed by atoms with E-state index in [0.717, 1.165) is 5.56 Å². The average Bonchev–Trinajstić information content (AvgIpc) is 2.96. The third kappa shape index (κ3) is 4.78. The Morgan fingerprint density at radius 1 is 1.21 bits per heavy atom. The van der Waals surface area contributed by atoms with Crippen LogP contribution in [-0.4, -0.2) is 29.9 Å². The number of nitrogens with one attached hydrogen (secondary N) is 1. The molecule has 150 valence electrons. The second-order valence-corrected chi connectivity index (χ2v) is 7.76. The minimum atomic E-state index is -0.194. The lowest BCUT2D eigenvalue weighted by Crippen LogP contribution is -2.27. The summed E-state index contributed by atoms with van der Waals surface area (Å²) in [6, 6.07) is 12.5. The number of anilines is 2. The van der Waals surface area contributed by atoms with Crippen LogP contribution in [0.1, 0.15) is 19.4 Å². The van der Waals surface area contributed by atoms with Gasteiger partial charge in [-0.25, -0.2) is 0 Å². The van der Waals surface area contributed by atoms with Gasteiger partial charge >= 0.3 is 0 Å². The van der Waals surface area contributed by atoms with Crippen molar-refractivity contribution in [3.8, 4) is 11.5 Å². The van der Waals surface area contributed by atoms with Gasteiger partial charge in [-0.1, -0.05) is 30.0 Å². The van der Waals surface area contributed by atoms with Crippen LogP contribution in [0.5, 0.6) is 11.5 Å². The van der Waals surface area contributed by atoms with E-state index in [1.807, 2.05) is 25.1 Å². The van der Waals surface area contributed by atoms with E-state index in [9.17, 15) is 9.59 Å². The van der Waals surface area contributed by atoms with Gasteiger partial charge in [0.15, 0.2) is 15.8 Å². The monoisotopic (exact) mass is 428 g/mol. The maximum absolute atomic E-state index is 12.9. The van der Waals surface area contributed by atoms with Gasteiger partial charge in [0.1, 0.15) is 0 Å². The molecule has 1 N–H and O–H groups in total. The smallest absolute Gasteiger partial charge is 0.270 e. The molecule has 1 aliphatic rings. The number of nitrogens with zero attached hydrogens (tertiary/aromatic N) is 1. The summed E-state index contributed by atoms with van der Waals surface area (Å²) in [6.45, 7) is 3.88. The van der Waals surface area contributed by atoms with Crippen molar-refractivity contribution in [2.24, 2.45) is 0 Å². The van der Waals surface area contributed by atoms with Gasteiger partial charge in [0.25, 0.3) is 5.91 Å². The van der Waals surface area contributed by atoms with E-state index in [1.165, 1.54) is 23.6 Å². The lowest BCUT2D eigenvalue weighted by atomic mass is 10.1. The fourth-order valence-corrected chi connectivity index (χ4v) is 4.09. The second-order valence-electron chi connectivity index (χ2n) is 6.09. The van der Waals surface area contributed by atoms with E-state index in [-0.39, 0.29) is 11.8 Å². The lowest BCUT2D eigenvalue weighted by molar-refractivity contribution is -0.114. The number of amides is 2. The molecule has 8 heteroatoms. The quantitative estimate of drug-likeness (QED) is 0.541. The number of carbonyl (C=O) groups excluding carboxylic acids is 2. The molecule has 0 saturated carbocycles. The number of thioether (sulfide) groups is 1. The fourth-order valence-electron chi connectivity index (χ4n) is 2.79. The molecule has 0 unspecified atom stereocenters. The van der Waals surface area contributed by atoms with E-state index in [0.29, 0.717) is 38.7 Å². The van der Waals surface area contributed by atoms with Crippen LogP contribution in [-0.2, 0) is 9.59 Å². The highest BCUT2D eigenvalue weighted by molar-refractivity contribution is 8.27. The highest BCUT2D eigenvalue weighted by Gasteiger charge is 2.33. The predicted molar refractivity (Wildman–Crippen MR) is 121 cm³/mol. The van der Waals surface area contributed by atoms with Crippen molar-refractivity contribution in [3.63, 3.8) is 0 Å². The van der Waals surface area contributed by atoms with Crippen LogP contribution in [0.25, 0.3) is 6.08 Å². The predicted octanol–water partition coefficient (Wildman–Crippen LogP) is 4.46. The van der Waals surface area contributed by atoms with Crippen molar-refractivity contribution in [1.82, 2.24) is 0 Å². The van der Waals surface area contributed by atoms with E-state index in [2.05, 4.69) is 5.32 Å². The number of methoxy groups -OCH3 is 1. The van der Waals surface area contributed by atoms with Gasteiger partial charge in [-0.3, -0.25) is 14.5 Å². The summed E-state index contributed by atoms with van der Waals surface area (Å²) in [4.78, 5) is 26.1. The van der Waals surface area contributed by atoms with Gasteiger partial charge in [0.05, 0.1) is 24.3 Å². The standard InChI is InChI=1S/C21H20N2O4S2/c1-4-27-17-10-5-14(11-18(17)26-3)12-19-20(25)23(21(28)29-19)16-8-6-15(7-9-16)22-13(2)24/h5-12H,4H2,1-3H3,(H,22,24). The maximum Gasteiger partial charge on any atom is 0.270 e. The molecule has 3 rings (SSSR count). The molecule has 2 aromatic rings. The number of carbonyl (C=O) groups is 2. The molecule has 0 bridgehead atoms. The number of ether oxygens (including phenoxy) is 2. The summed E-state index contributed by atoms with van der Waals surface area (Å²) in [5.74, 6) is 0.904. The molecule has 1 fully saturated rings. The Labute approximate surface area is 178 Å². The summed E-state index contributed by atoms with van der Waals surface area (Å²) in [5.41, 5.74) is 2.12. The summed E-state index contributed by atoms with van der Waals surface area (Å²) in [6.07, 6.45) is 1.78. The van der Waals surface area contributed by atoms with Crippen LogP contribution in [0.2, 0.25) is 0 Å². The van der Waals surface area contributed by atoms with E-state index in [4.69, 9.17) is 21.7 Å². The van der Waals surface area contributed by atoms with Gasteiger partial charge in [-0.05, 0) is 55.0 Å². The summed E-state index contributed by atoms with van der Waals surface area (Å²) in [7, 11) is 1.58. The minimum absolute atomic E-state index is 0.155. The van der Waals surface area contributed by atoms with Crippen molar-refractivity contribution in [3.05, 3.63) is 52.9 Å². The molecule has 1 heterocycles. The largest absolute Gasteiger partial charge is 0.493 e. The fraction of sp³-hybridized carbons (Fsp3) is 0.190. The molecule has 0 radical (unpaired) electrons. The van der Waals surface area contributed by atoms with Gasteiger partial charge in [-0.15, -0.1) is 0 Å². The van der Waals surface area contributed by atoms with E-state index >= 15 is 0 Å². The molecule has 29 heavy (non-hydrogen) atoms. The molecule has 1 saturated heterocycles. The normalized spacial score (nSPS) is 15.0. The molecule has 0 atom stereocenters. The molecular formula is C21H20N2O4S2. The topological polar surface area (TPSA) is 67.9 Å². The third-order valence-corrected chi connectivity index (χ3v) is 5.33. The van der Waals surface area contributed by atoms with Crippen molar-refractivity contribution < 1.29 is 19.1 Å². The highest BCUT2D eigenvalue weighted by Crippen LogP contribution is 2.37. The Kier molecular flexibility index (Phi) is 6.56. The molecule has 1 aliphatic heterocycles. The van der Waals surface area contributed by atoms with Crippen LogP contribution in [0, 0.1) is 0 Å². The van der Waals surface area contributed by atoms with Crippen molar-refractivity contribution >= 4 is 57.6 Å². The Morgan fingerprint density at radius 2 is 1.93 bits per heavy atom. The molecule has 0 aromatic heterocycles. The molecular weight excluding hydrogens is 408 g/mol. The molecule has 6 nitrogen and oxygen atoms in total. The Morgan fingerprint density at radius 3 is 2.55 bits per heavy atom. The molecule has 2 aromatic carbocycles. The van der Waals surface area contributed by atoms with E-state index in [1.54, 1.807) is 37.5 Å². The lowest BCUT2D eigenvalue weighted by Gasteiger charge is -2.15. The third-order valence-electron chi connectivity index (χ3n) is 4.02. The Balaban J connectivity index is 1.84. The minimum Gasteiger partial charge on any atom is -0.493 e. The van der Waals surface area contributed by atoms with Gasteiger partial charge in [0, 0.05) is 12.6 Å². The van der Waals surface area contributed by atoms with E-state index < -0.39 is 0 Å². The number of rotatable bonds is 6. The summed E-state index contributed by atoms with van der Waals surface area (Å²) in [5, 5.41) is 2.70. The van der Waals surface area contributed by atoms with Crippen LogP contribution < -0.4 is 19.7 Å². The SMILES string of the molecule is CCOc1ccc(C=C2SC(=S)N(c3ccc(NC(C)=O)cc3)C2=O)cc1OC. The van der Waals surface area contributed by atoms with Crippen LogP contribution in [0.4, 0.5) is 11.4 Å². The van der Waals surface area contributed by atoms with Crippen molar-refractivity contribution in [2.75, 3.05) is 23.9 Å². The van der Waals surface area contributed by atoms with Crippen molar-refractivity contribution in [2.45, 2.75) is 13.8 Å². The summed E-state index contributed by atoms with van der Waals surface area (Å²) >= 11 is 6.65. The zero-order chi connectivity index (χ0) is 21.0.